The van der Waals surface area contributed by atoms with Crippen LogP contribution in [0.2, 0.25) is 0 Å². The first-order chi connectivity index (χ1) is 12.7. The summed E-state index contributed by atoms with van der Waals surface area (Å²) in [6.45, 7) is 3.89. The van der Waals surface area contributed by atoms with Crippen molar-refractivity contribution in [3.05, 3.63) is 65.0 Å². The lowest BCUT2D eigenvalue weighted by Gasteiger charge is -2.33. The van der Waals surface area contributed by atoms with Gasteiger partial charge in [-0.2, -0.15) is 0 Å². The van der Waals surface area contributed by atoms with Gasteiger partial charge in [0.05, 0.1) is 26.4 Å². The van der Waals surface area contributed by atoms with Crippen LogP contribution in [0, 0.1) is 5.82 Å². The van der Waals surface area contributed by atoms with Gasteiger partial charge in [0.1, 0.15) is 11.6 Å². The number of halogens is 1. The minimum Gasteiger partial charge on any atom is -0.496 e. The molecule has 5 heteroatoms. The van der Waals surface area contributed by atoms with Crippen LogP contribution in [0.1, 0.15) is 16.7 Å². The number of nitrogens with zero attached hydrogens (tertiary/aromatic N) is 1. The minimum atomic E-state index is -0.202. The van der Waals surface area contributed by atoms with E-state index in [1.54, 1.807) is 14.2 Å². The van der Waals surface area contributed by atoms with Gasteiger partial charge >= 0.3 is 0 Å². The molecule has 0 aliphatic carbocycles. The number of hydrogen-bond donors (Lipinski definition) is 0. The van der Waals surface area contributed by atoms with Gasteiger partial charge in [0, 0.05) is 32.3 Å². The summed E-state index contributed by atoms with van der Waals surface area (Å²) in [4.78, 5) is 2.40. The predicted octanol–water partition coefficient (Wildman–Crippen LogP) is 3.42. The van der Waals surface area contributed by atoms with Crippen molar-refractivity contribution in [3.63, 3.8) is 0 Å². The first kappa shape index (κ1) is 18.8. The Balaban J connectivity index is 1.61. The van der Waals surface area contributed by atoms with Crippen molar-refractivity contribution in [1.82, 2.24) is 4.90 Å². The van der Waals surface area contributed by atoms with Crippen molar-refractivity contribution in [1.29, 1.82) is 0 Å². The summed E-state index contributed by atoms with van der Waals surface area (Å²) in [6.07, 6.45) is 0.930. The largest absolute Gasteiger partial charge is 0.496 e. The van der Waals surface area contributed by atoms with Crippen LogP contribution in [0.3, 0.4) is 0 Å². The molecule has 1 fully saturated rings. The van der Waals surface area contributed by atoms with Gasteiger partial charge in [-0.1, -0.05) is 18.2 Å². The second-order valence-corrected chi connectivity index (χ2v) is 6.64. The van der Waals surface area contributed by atoms with Gasteiger partial charge in [0.15, 0.2) is 0 Å². The fourth-order valence-electron chi connectivity index (χ4n) is 3.39. The third-order valence-corrected chi connectivity index (χ3v) is 4.65. The molecule has 0 spiro atoms. The number of hydrogen-bond acceptors (Lipinski definition) is 4. The molecular formula is C21H26FNO3. The molecule has 0 N–H and O–H groups in total. The summed E-state index contributed by atoms with van der Waals surface area (Å²) in [5.74, 6) is 0.651. The highest BCUT2D eigenvalue weighted by molar-refractivity contribution is 5.37. The molecule has 0 radical (unpaired) electrons. The van der Waals surface area contributed by atoms with E-state index in [2.05, 4.69) is 17.0 Å². The van der Waals surface area contributed by atoms with Crippen LogP contribution in [-0.2, 0) is 29.0 Å². The summed E-state index contributed by atoms with van der Waals surface area (Å²) in [6, 6.07) is 12.9. The van der Waals surface area contributed by atoms with Crippen LogP contribution < -0.4 is 4.74 Å². The minimum absolute atomic E-state index is 0.130. The van der Waals surface area contributed by atoms with Crippen molar-refractivity contribution in [2.45, 2.75) is 25.7 Å². The molecule has 0 aromatic heterocycles. The predicted molar refractivity (Wildman–Crippen MR) is 98.8 cm³/mol. The van der Waals surface area contributed by atoms with Crippen molar-refractivity contribution < 1.29 is 18.6 Å². The Morgan fingerprint density at radius 3 is 2.62 bits per heavy atom. The third kappa shape index (κ3) is 5.04. The Bertz CT molecular complexity index is 705. The van der Waals surface area contributed by atoms with E-state index in [0.717, 1.165) is 42.9 Å². The molecule has 4 nitrogen and oxygen atoms in total. The second kappa shape index (κ2) is 9.12. The smallest absolute Gasteiger partial charge is 0.124 e. The summed E-state index contributed by atoms with van der Waals surface area (Å²) in [5, 5.41) is 0. The Hall–Kier alpha value is -1.95. The van der Waals surface area contributed by atoms with Gasteiger partial charge in [0.2, 0.25) is 0 Å². The molecular weight excluding hydrogens is 333 g/mol. The van der Waals surface area contributed by atoms with Crippen molar-refractivity contribution >= 4 is 0 Å². The standard InChI is InChI=1S/C21H26FNO3/c1-24-15-18-11-17(5-8-21(18)25-2)13-23-9-10-26-20(14-23)12-16-3-6-19(22)7-4-16/h3-8,11,20H,9-10,12-15H2,1-2H3. The number of methoxy groups -OCH3 is 2. The van der Waals surface area contributed by atoms with E-state index in [1.807, 2.05) is 18.2 Å². The lowest BCUT2D eigenvalue weighted by Crippen LogP contribution is -2.42. The molecule has 1 aliphatic heterocycles. The molecule has 0 bridgehead atoms. The Morgan fingerprint density at radius 1 is 1.12 bits per heavy atom. The van der Waals surface area contributed by atoms with Crippen molar-refractivity contribution in [2.24, 2.45) is 0 Å². The number of rotatable bonds is 7. The molecule has 3 rings (SSSR count). The molecule has 2 aromatic carbocycles. The van der Waals surface area contributed by atoms with Gasteiger partial charge in [-0.25, -0.2) is 4.39 Å². The molecule has 1 heterocycles. The van der Waals surface area contributed by atoms with Crippen LogP contribution in [0.15, 0.2) is 42.5 Å². The first-order valence-corrected chi connectivity index (χ1v) is 8.91. The fourth-order valence-corrected chi connectivity index (χ4v) is 3.39. The highest BCUT2D eigenvalue weighted by atomic mass is 19.1. The molecule has 1 atom stereocenters. The molecule has 1 saturated heterocycles. The van der Waals surface area contributed by atoms with Gasteiger partial charge in [-0.3, -0.25) is 4.90 Å². The highest BCUT2D eigenvalue weighted by Crippen LogP contribution is 2.22. The Kier molecular flexibility index (Phi) is 6.61. The first-order valence-electron chi connectivity index (χ1n) is 8.91. The normalized spacial score (nSPS) is 18.0. The van der Waals surface area contributed by atoms with Crippen LogP contribution in [0.25, 0.3) is 0 Å². The fraction of sp³-hybridized carbons (Fsp3) is 0.429. The monoisotopic (exact) mass is 359 g/mol. The van der Waals surface area contributed by atoms with Crippen molar-refractivity contribution in [2.75, 3.05) is 33.9 Å². The van der Waals surface area contributed by atoms with Crippen molar-refractivity contribution in [3.8, 4) is 5.75 Å². The van der Waals surface area contributed by atoms with Gasteiger partial charge in [0.25, 0.3) is 0 Å². The lowest BCUT2D eigenvalue weighted by molar-refractivity contribution is -0.0305. The van der Waals surface area contributed by atoms with E-state index in [-0.39, 0.29) is 11.9 Å². The molecule has 0 amide bonds. The van der Waals surface area contributed by atoms with Gasteiger partial charge in [-0.15, -0.1) is 0 Å². The average Bonchev–Trinajstić information content (AvgIpc) is 2.65. The third-order valence-electron chi connectivity index (χ3n) is 4.65. The number of benzene rings is 2. The zero-order valence-electron chi connectivity index (χ0n) is 15.4. The zero-order chi connectivity index (χ0) is 18.4. The van der Waals surface area contributed by atoms with E-state index in [1.165, 1.54) is 17.7 Å². The maximum absolute atomic E-state index is 13.1. The SMILES string of the molecule is COCc1cc(CN2CCOC(Cc3ccc(F)cc3)C2)ccc1OC. The van der Waals surface area contributed by atoms with Gasteiger partial charge < -0.3 is 14.2 Å². The molecule has 26 heavy (non-hydrogen) atoms. The van der Waals surface area contributed by atoms with E-state index >= 15 is 0 Å². The van der Waals surface area contributed by atoms with E-state index in [0.29, 0.717) is 13.2 Å². The van der Waals surface area contributed by atoms with E-state index in [9.17, 15) is 4.39 Å². The molecule has 140 valence electrons. The molecule has 1 unspecified atom stereocenters. The van der Waals surface area contributed by atoms with Gasteiger partial charge in [-0.05, 0) is 41.8 Å². The van der Waals surface area contributed by atoms with E-state index < -0.39 is 0 Å². The average molecular weight is 359 g/mol. The summed E-state index contributed by atoms with van der Waals surface area (Å²) in [7, 11) is 3.37. The maximum atomic E-state index is 13.1. The maximum Gasteiger partial charge on any atom is 0.124 e. The zero-order valence-corrected chi connectivity index (χ0v) is 15.4. The number of ether oxygens (including phenoxy) is 3. The van der Waals surface area contributed by atoms with Crippen LogP contribution >= 0.6 is 0 Å². The topological polar surface area (TPSA) is 30.9 Å². The quantitative estimate of drug-likeness (QED) is 0.758. The Morgan fingerprint density at radius 2 is 1.88 bits per heavy atom. The van der Waals surface area contributed by atoms with Crippen LogP contribution in [-0.4, -0.2) is 44.9 Å². The molecule has 0 saturated carbocycles. The summed E-state index contributed by atoms with van der Waals surface area (Å²) in [5.41, 5.74) is 3.40. The van der Waals surface area contributed by atoms with E-state index in [4.69, 9.17) is 14.2 Å². The van der Waals surface area contributed by atoms with Crippen LogP contribution in [0.5, 0.6) is 5.75 Å². The molecule has 2 aromatic rings. The lowest BCUT2D eigenvalue weighted by atomic mass is 10.1. The van der Waals surface area contributed by atoms with Crippen LogP contribution in [0.4, 0.5) is 4.39 Å². The second-order valence-electron chi connectivity index (χ2n) is 6.64. The summed E-state index contributed by atoms with van der Waals surface area (Å²) < 4.78 is 29.6. The summed E-state index contributed by atoms with van der Waals surface area (Å²) >= 11 is 0. The number of morpholine rings is 1. The molecule has 1 aliphatic rings. The highest BCUT2D eigenvalue weighted by Gasteiger charge is 2.21. The Labute approximate surface area is 154 Å².